The van der Waals surface area contributed by atoms with E-state index in [0.717, 1.165) is 16.3 Å². The van der Waals surface area contributed by atoms with Gasteiger partial charge in [-0.15, -0.1) is 0 Å². The quantitative estimate of drug-likeness (QED) is 0.618. The first kappa shape index (κ1) is 10.2. The van der Waals surface area contributed by atoms with Gasteiger partial charge in [-0.1, -0.05) is 28.9 Å². The smallest absolute Gasteiger partial charge is 0.223 e. The van der Waals surface area contributed by atoms with Crippen LogP contribution in [0.15, 0.2) is 35.0 Å². The maximum atomic E-state index is 6.05. The molecule has 0 saturated carbocycles. The maximum Gasteiger partial charge on any atom is 0.223 e. The van der Waals surface area contributed by atoms with Crippen molar-refractivity contribution < 1.29 is 4.52 Å². The summed E-state index contributed by atoms with van der Waals surface area (Å²) in [6.07, 6.45) is 1.68. The summed E-state index contributed by atoms with van der Waals surface area (Å²) in [7, 11) is 0. The lowest BCUT2D eigenvalue weighted by Gasteiger charge is -2.01. The van der Waals surface area contributed by atoms with Crippen LogP contribution in [0.1, 0.15) is 5.89 Å². The fraction of sp³-hybridized carbons (Fsp3) is 0.0833. The van der Waals surface area contributed by atoms with Crippen LogP contribution in [0.4, 0.5) is 0 Å². The lowest BCUT2D eigenvalue weighted by Crippen LogP contribution is -1.83. The molecule has 0 bridgehead atoms. The number of fused-ring (bicyclic) bond motifs is 1. The molecule has 0 radical (unpaired) electrons. The molecule has 0 aliphatic rings. The van der Waals surface area contributed by atoms with Crippen molar-refractivity contribution in [1.29, 1.82) is 0 Å². The predicted molar refractivity (Wildman–Crippen MR) is 64.8 cm³/mol. The van der Waals surface area contributed by atoms with Gasteiger partial charge < -0.3 is 4.52 Å². The molecule has 0 unspecified atom stereocenters. The van der Waals surface area contributed by atoms with Crippen LogP contribution in [0.5, 0.6) is 0 Å². The molecule has 0 fully saturated rings. The van der Waals surface area contributed by atoms with Crippen molar-refractivity contribution in [3.8, 4) is 11.4 Å². The summed E-state index contributed by atoms with van der Waals surface area (Å²) >= 11 is 6.05. The lowest BCUT2D eigenvalue weighted by atomic mass is 10.1. The average Bonchev–Trinajstić information content (AvgIpc) is 2.76. The van der Waals surface area contributed by atoms with Crippen LogP contribution in [-0.4, -0.2) is 15.1 Å². The van der Waals surface area contributed by atoms with E-state index in [2.05, 4.69) is 15.1 Å². The Hall–Kier alpha value is -1.94. The lowest BCUT2D eigenvalue weighted by molar-refractivity contribution is 0.394. The SMILES string of the molecule is Cc1nc(-c2ccc3ccnc(Cl)c3c2)no1. The zero-order valence-electron chi connectivity index (χ0n) is 9.01. The number of pyridine rings is 1. The molecular formula is C12H8ClN3O. The highest BCUT2D eigenvalue weighted by Gasteiger charge is 2.07. The topological polar surface area (TPSA) is 51.8 Å². The molecule has 0 amide bonds. The Balaban J connectivity index is 2.22. The zero-order chi connectivity index (χ0) is 11.8. The Morgan fingerprint density at radius 2 is 2.12 bits per heavy atom. The van der Waals surface area contributed by atoms with Gasteiger partial charge >= 0.3 is 0 Å². The van der Waals surface area contributed by atoms with E-state index in [4.69, 9.17) is 16.1 Å². The summed E-state index contributed by atoms with van der Waals surface area (Å²) in [5, 5.41) is 6.27. The number of halogens is 1. The van der Waals surface area contributed by atoms with E-state index >= 15 is 0 Å². The second-order valence-corrected chi connectivity index (χ2v) is 4.03. The predicted octanol–water partition coefficient (Wildman–Crippen LogP) is 3.25. The molecular weight excluding hydrogens is 238 g/mol. The van der Waals surface area contributed by atoms with Crippen LogP contribution >= 0.6 is 11.6 Å². The highest BCUT2D eigenvalue weighted by molar-refractivity contribution is 6.34. The second kappa shape index (κ2) is 3.82. The number of aromatic nitrogens is 3. The van der Waals surface area contributed by atoms with E-state index < -0.39 is 0 Å². The fourth-order valence-electron chi connectivity index (χ4n) is 1.69. The van der Waals surface area contributed by atoms with Crippen LogP contribution in [-0.2, 0) is 0 Å². The minimum atomic E-state index is 0.476. The molecule has 5 heteroatoms. The molecule has 3 aromatic rings. The molecule has 2 aromatic heterocycles. The molecule has 84 valence electrons. The zero-order valence-corrected chi connectivity index (χ0v) is 9.77. The van der Waals surface area contributed by atoms with Crippen molar-refractivity contribution in [1.82, 2.24) is 15.1 Å². The maximum absolute atomic E-state index is 6.05. The van der Waals surface area contributed by atoms with Crippen LogP contribution in [0, 0.1) is 6.92 Å². The van der Waals surface area contributed by atoms with E-state index in [0.29, 0.717) is 16.9 Å². The van der Waals surface area contributed by atoms with E-state index in [1.807, 2.05) is 24.3 Å². The standard InChI is InChI=1S/C12H8ClN3O/c1-7-15-12(16-17-7)9-3-2-8-4-5-14-11(13)10(8)6-9/h2-6H,1H3. The highest BCUT2D eigenvalue weighted by atomic mass is 35.5. The number of rotatable bonds is 1. The monoisotopic (exact) mass is 245 g/mol. The van der Waals surface area contributed by atoms with Gasteiger partial charge in [0.2, 0.25) is 11.7 Å². The third-order valence-corrected chi connectivity index (χ3v) is 2.80. The first-order valence-electron chi connectivity index (χ1n) is 5.09. The molecule has 0 spiro atoms. The Kier molecular flexibility index (Phi) is 2.30. The third-order valence-electron chi connectivity index (χ3n) is 2.50. The Labute approximate surface area is 102 Å². The van der Waals surface area contributed by atoms with Crippen LogP contribution < -0.4 is 0 Å². The molecule has 0 aliphatic carbocycles. The molecule has 0 N–H and O–H groups in total. The molecule has 2 heterocycles. The number of hydrogen-bond donors (Lipinski definition) is 0. The van der Waals surface area contributed by atoms with Gasteiger partial charge in [0.25, 0.3) is 0 Å². The van der Waals surface area contributed by atoms with Gasteiger partial charge in [0.1, 0.15) is 5.15 Å². The molecule has 17 heavy (non-hydrogen) atoms. The first-order chi connectivity index (χ1) is 8.24. The van der Waals surface area contributed by atoms with Crippen molar-refractivity contribution in [3.05, 3.63) is 41.5 Å². The summed E-state index contributed by atoms with van der Waals surface area (Å²) in [6.45, 7) is 1.76. The van der Waals surface area contributed by atoms with Crippen LogP contribution in [0.3, 0.4) is 0 Å². The fourth-order valence-corrected chi connectivity index (χ4v) is 1.91. The molecule has 1 aromatic carbocycles. The van der Waals surface area contributed by atoms with Crippen molar-refractivity contribution in [2.75, 3.05) is 0 Å². The van der Waals surface area contributed by atoms with Crippen LogP contribution in [0.2, 0.25) is 5.15 Å². The van der Waals surface area contributed by atoms with Crippen molar-refractivity contribution in [3.63, 3.8) is 0 Å². The van der Waals surface area contributed by atoms with Gasteiger partial charge in [0.15, 0.2) is 0 Å². The Morgan fingerprint density at radius 1 is 1.24 bits per heavy atom. The van der Waals surface area contributed by atoms with E-state index in [9.17, 15) is 0 Å². The molecule has 0 atom stereocenters. The van der Waals surface area contributed by atoms with Crippen molar-refractivity contribution in [2.45, 2.75) is 6.92 Å². The van der Waals surface area contributed by atoms with Gasteiger partial charge in [-0.25, -0.2) is 4.98 Å². The molecule has 3 rings (SSSR count). The number of hydrogen-bond acceptors (Lipinski definition) is 4. The summed E-state index contributed by atoms with van der Waals surface area (Å²) in [4.78, 5) is 8.22. The van der Waals surface area contributed by atoms with E-state index in [1.165, 1.54) is 0 Å². The Morgan fingerprint density at radius 3 is 2.88 bits per heavy atom. The van der Waals surface area contributed by atoms with Gasteiger partial charge in [-0.05, 0) is 17.5 Å². The summed E-state index contributed by atoms with van der Waals surface area (Å²) < 4.78 is 4.95. The average molecular weight is 246 g/mol. The largest absolute Gasteiger partial charge is 0.339 e. The van der Waals surface area contributed by atoms with Gasteiger partial charge in [-0.3, -0.25) is 0 Å². The highest BCUT2D eigenvalue weighted by Crippen LogP contribution is 2.26. The molecule has 0 saturated heterocycles. The summed E-state index contributed by atoms with van der Waals surface area (Å²) in [6, 6.07) is 7.72. The van der Waals surface area contributed by atoms with Crippen LogP contribution in [0.25, 0.3) is 22.2 Å². The van der Waals surface area contributed by atoms with Crippen molar-refractivity contribution >= 4 is 22.4 Å². The molecule has 4 nitrogen and oxygen atoms in total. The van der Waals surface area contributed by atoms with Gasteiger partial charge in [-0.2, -0.15) is 4.98 Å². The number of benzene rings is 1. The summed E-state index contributed by atoms with van der Waals surface area (Å²) in [5.74, 6) is 1.10. The van der Waals surface area contributed by atoms with Gasteiger partial charge in [0.05, 0.1) is 0 Å². The third kappa shape index (κ3) is 1.76. The number of aryl methyl sites for hydroxylation is 1. The first-order valence-corrected chi connectivity index (χ1v) is 5.47. The Bertz CT molecular complexity index is 693. The second-order valence-electron chi connectivity index (χ2n) is 3.67. The van der Waals surface area contributed by atoms with Crippen molar-refractivity contribution in [2.24, 2.45) is 0 Å². The van der Waals surface area contributed by atoms with E-state index in [1.54, 1.807) is 13.1 Å². The normalized spacial score (nSPS) is 10.9. The molecule has 0 aliphatic heterocycles. The number of nitrogens with zero attached hydrogens (tertiary/aromatic N) is 3. The van der Waals surface area contributed by atoms with Gasteiger partial charge in [0, 0.05) is 24.1 Å². The van der Waals surface area contributed by atoms with E-state index in [-0.39, 0.29) is 0 Å². The summed E-state index contributed by atoms with van der Waals surface area (Å²) in [5.41, 5.74) is 0.865. The minimum absolute atomic E-state index is 0.476. The minimum Gasteiger partial charge on any atom is -0.339 e.